The molecular weight excluding hydrogens is 634 g/mol. The van der Waals surface area contributed by atoms with Crippen LogP contribution >= 0.6 is 0 Å². The zero-order chi connectivity index (χ0) is 35.6. The lowest BCUT2D eigenvalue weighted by molar-refractivity contribution is -0.138. The molecule has 0 fully saturated rings. The summed E-state index contributed by atoms with van der Waals surface area (Å²) >= 11 is 0. The molecule has 0 saturated carbocycles. The van der Waals surface area contributed by atoms with E-state index in [-0.39, 0.29) is 18.7 Å². The molecule has 0 heterocycles. The van der Waals surface area contributed by atoms with Gasteiger partial charge in [-0.25, -0.2) is 0 Å². The van der Waals surface area contributed by atoms with Gasteiger partial charge in [-0.15, -0.1) is 0 Å². The minimum absolute atomic E-state index is 0.00355. The highest BCUT2D eigenvalue weighted by molar-refractivity contribution is 5.80. The van der Waals surface area contributed by atoms with Crippen molar-refractivity contribution in [1.82, 2.24) is 5.32 Å². The van der Waals surface area contributed by atoms with Crippen LogP contribution in [0.25, 0.3) is 0 Å². The third-order valence-corrected chi connectivity index (χ3v) is 7.60. The van der Waals surface area contributed by atoms with Gasteiger partial charge >= 0.3 is 5.97 Å². The Morgan fingerprint density at radius 3 is 1.00 bits per heavy atom. The monoisotopic (exact) mass is 708 g/mol. The van der Waals surface area contributed by atoms with Crippen molar-refractivity contribution in [2.75, 3.05) is 112 Å². The molecule has 0 radical (unpaired) electrons. The van der Waals surface area contributed by atoms with Crippen LogP contribution in [0.15, 0.2) is 0 Å². The zero-order valence-corrected chi connectivity index (χ0v) is 31.1. The van der Waals surface area contributed by atoms with E-state index < -0.39 is 5.97 Å². The Morgan fingerprint density at radius 1 is 0.388 bits per heavy atom. The molecule has 0 aliphatic carbocycles. The van der Waals surface area contributed by atoms with Crippen LogP contribution in [0.4, 0.5) is 0 Å². The molecule has 292 valence electrons. The minimum Gasteiger partial charge on any atom is -0.481 e. The maximum atomic E-state index is 11.4. The van der Waals surface area contributed by atoms with Crippen molar-refractivity contribution in [1.29, 1.82) is 0 Å². The van der Waals surface area contributed by atoms with Gasteiger partial charge in [-0.05, 0) is 12.8 Å². The van der Waals surface area contributed by atoms with Crippen molar-refractivity contribution in [3.05, 3.63) is 0 Å². The van der Waals surface area contributed by atoms with E-state index in [2.05, 4.69) is 12.2 Å². The molecule has 0 atom stereocenters. The molecule has 0 aromatic heterocycles. The highest BCUT2D eigenvalue weighted by Crippen LogP contribution is 2.13. The molecule has 12 heteroatoms. The van der Waals surface area contributed by atoms with Crippen LogP contribution in [0, 0.1) is 0 Å². The quantitative estimate of drug-likeness (QED) is 0.0725. The molecule has 2 N–H and O–H groups in total. The number of carboxylic acid groups (broad SMARTS) is 1. The molecule has 0 aromatic rings. The first kappa shape index (κ1) is 47.6. The van der Waals surface area contributed by atoms with Crippen LogP contribution in [0.5, 0.6) is 0 Å². The molecule has 1 amide bonds. The van der Waals surface area contributed by atoms with E-state index in [0.29, 0.717) is 112 Å². The fourth-order valence-corrected chi connectivity index (χ4v) is 4.75. The van der Waals surface area contributed by atoms with E-state index in [0.717, 1.165) is 13.0 Å². The van der Waals surface area contributed by atoms with Gasteiger partial charge in [0.05, 0.1) is 98.9 Å². The molecule has 0 aliphatic heterocycles. The van der Waals surface area contributed by atoms with Crippen molar-refractivity contribution in [3.8, 4) is 0 Å². The lowest BCUT2D eigenvalue weighted by atomic mass is 10.0. The predicted octanol–water partition coefficient (Wildman–Crippen LogP) is 5.97. The van der Waals surface area contributed by atoms with Crippen molar-refractivity contribution < 1.29 is 52.6 Å². The Labute approximate surface area is 297 Å². The summed E-state index contributed by atoms with van der Waals surface area (Å²) in [5, 5.41) is 11.2. The maximum Gasteiger partial charge on any atom is 0.303 e. The van der Waals surface area contributed by atoms with Crippen LogP contribution in [0.3, 0.4) is 0 Å². The molecule has 0 aliphatic rings. The average Bonchev–Trinajstić information content (AvgIpc) is 3.10. The van der Waals surface area contributed by atoms with Crippen LogP contribution in [-0.4, -0.2) is 129 Å². The predicted molar refractivity (Wildman–Crippen MR) is 191 cm³/mol. The highest BCUT2D eigenvalue weighted by Gasteiger charge is 2.04. The van der Waals surface area contributed by atoms with Crippen molar-refractivity contribution in [2.45, 2.75) is 116 Å². The van der Waals surface area contributed by atoms with Crippen LogP contribution in [0.2, 0.25) is 0 Å². The van der Waals surface area contributed by atoms with E-state index in [9.17, 15) is 9.59 Å². The van der Waals surface area contributed by atoms with E-state index >= 15 is 0 Å². The number of unbranched alkanes of at least 4 members (excludes halogenated alkanes) is 13. The SMILES string of the molecule is CCCCCCCCCCCCCCCCOCCOCCOCCOCCOCCOCCOCCOCCCNC(=O)CCC(=O)O. The fraction of sp³-hybridized carbons (Fsp3) is 0.946. The number of carbonyl (C=O) groups is 2. The second-order valence-corrected chi connectivity index (χ2v) is 12.1. The third kappa shape index (κ3) is 44.6. The molecule has 49 heavy (non-hydrogen) atoms. The van der Waals surface area contributed by atoms with Gasteiger partial charge in [0.15, 0.2) is 0 Å². The second kappa shape index (κ2) is 42.8. The number of carbonyl (C=O) groups excluding carboxylic acids is 1. The first-order valence-electron chi connectivity index (χ1n) is 19.3. The number of carboxylic acids is 1. The van der Waals surface area contributed by atoms with E-state index in [4.69, 9.17) is 43.0 Å². The zero-order valence-electron chi connectivity index (χ0n) is 31.1. The molecule has 0 unspecified atom stereocenters. The Bertz CT molecular complexity index is 672. The summed E-state index contributed by atoms with van der Waals surface area (Å²) in [6.07, 6.45) is 19.7. The summed E-state index contributed by atoms with van der Waals surface area (Å²) in [5.74, 6) is -1.24. The van der Waals surface area contributed by atoms with Crippen molar-refractivity contribution in [2.24, 2.45) is 0 Å². The summed E-state index contributed by atoms with van der Waals surface area (Å²) in [7, 11) is 0. The van der Waals surface area contributed by atoms with Gasteiger partial charge in [0.2, 0.25) is 5.91 Å². The van der Waals surface area contributed by atoms with Gasteiger partial charge in [0.25, 0.3) is 0 Å². The van der Waals surface area contributed by atoms with Crippen LogP contribution in [0.1, 0.15) is 116 Å². The summed E-state index contributed by atoms with van der Waals surface area (Å²) in [4.78, 5) is 21.8. The second-order valence-electron chi connectivity index (χ2n) is 12.1. The smallest absolute Gasteiger partial charge is 0.303 e. The summed E-state index contributed by atoms with van der Waals surface area (Å²) in [6.45, 7) is 11.4. The van der Waals surface area contributed by atoms with Gasteiger partial charge in [0.1, 0.15) is 0 Å². The molecular formula is C37H73NO11. The van der Waals surface area contributed by atoms with Crippen molar-refractivity contribution >= 4 is 11.9 Å². The van der Waals surface area contributed by atoms with Gasteiger partial charge in [-0.3, -0.25) is 9.59 Å². The third-order valence-electron chi connectivity index (χ3n) is 7.60. The average molecular weight is 708 g/mol. The maximum absolute atomic E-state index is 11.4. The number of rotatable bonds is 43. The topological polar surface area (TPSA) is 140 Å². The van der Waals surface area contributed by atoms with Gasteiger partial charge in [-0.1, -0.05) is 90.4 Å². The fourth-order valence-electron chi connectivity index (χ4n) is 4.75. The standard InChI is InChI=1S/C37H73NO11/c1-2-3-4-5-6-7-8-9-10-11-12-13-14-15-20-42-22-24-44-26-28-46-30-32-48-34-35-49-33-31-47-29-27-45-25-23-43-21-16-19-38-36(39)17-18-37(40)41/h2-35H2,1H3,(H,38,39)(H,40,41). The molecule has 0 spiro atoms. The first-order valence-corrected chi connectivity index (χ1v) is 19.3. The normalized spacial score (nSPS) is 11.4. The van der Waals surface area contributed by atoms with Gasteiger partial charge < -0.3 is 48.3 Å². The first-order chi connectivity index (χ1) is 24.2. The highest BCUT2D eigenvalue weighted by atomic mass is 16.6. The summed E-state index contributed by atoms with van der Waals surface area (Å²) in [6, 6.07) is 0. The number of nitrogens with one attached hydrogen (secondary N) is 1. The molecule has 0 rings (SSSR count). The van der Waals surface area contributed by atoms with E-state index in [1.807, 2.05) is 0 Å². The Balaban J connectivity index is 3.08. The van der Waals surface area contributed by atoms with Crippen molar-refractivity contribution in [3.63, 3.8) is 0 Å². The van der Waals surface area contributed by atoms with Crippen LogP contribution < -0.4 is 5.32 Å². The van der Waals surface area contributed by atoms with E-state index in [1.54, 1.807) is 0 Å². The molecule has 12 nitrogen and oxygen atoms in total. The number of amides is 1. The largest absolute Gasteiger partial charge is 0.481 e. The summed E-state index contributed by atoms with van der Waals surface area (Å²) in [5.41, 5.74) is 0. The molecule has 0 saturated heterocycles. The number of ether oxygens (including phenoxy) is 8. The number of hydrogen-bond acceptors (Lipinski definition) is 10. The van der Waals surface area contributed by atoms with Crippen LogP contribution in [-0.2, 0) is 47.5 Å². The van der Waals surface area contributed by atoms with Gasteiger partial charge in [-0.2, -0.15) is 0 Å². The van der Waals surface area contributed by atoms with Gasteiger partial charge in [0, 0.05) is 26.2 Å². The molecule has 0 bridgehead atoms. The Kier molecular flexibility index (Phi) is 41.6. The Morgan fingerprint density at radius 2 is 0.673 bits per heavy atom. The Hall–Kier alpha value is -1.38. The lowest BCUT2D eigenvalue weighted by Gasteiger charge is -2.09. The molecule has 0 aromatic carbocycles. The van der Waals surface area contributed by atoms with E-state index in [1.165, 1.54) is 83.5 Å². The number of hydrogen-bond donors (Lipinski definition) is 2. The summed E-state index contributed by atoms with van der Waals surface area (Å²) < 4.78 is 44.1. The lowest BCUT2D eigenvalue weighted by Crippen LogP contribution is -2.25. The minimum atomic E-state index is -0.977. The number of aliphatic carboxylic acids is 1.